The van der Waals surface area contributed by atoms with Gasteiger partial charge in [0.25, 0.3) is 0 Å². The topological polar surface area (TPSA) is 55.6 Å². The molecular weight excluding hydrogens is 240 g/mol. The van der Waals surface area contributed by atoms with Crippen molar-refractivity contribution in [2.24, 2.45) is 0 Å². The van der Waals surface area contributed by atoms with Crippen molar-refractivity contribution in [2.45, 2.75) is 6.61 Å². The highest BCUT2D eigenvalue weighted by Gasteiger charge is 2.12. The first-order valence-corrected chi connectivity index (χ1v) is 5.97. The van der Waals surface area contributed by atoms with E-state index in [1.807, 2.05) is 30.3 Å². The second kappa shape index (κ2) is 5.91. The van der Waals surface area contributed by atoms with Crippen molar-refractivity contribution in [3.8, 4) is 0 Å². The Hall–Kier alpha value is -2.49. The summed E-state index contributed by atoms with van der Waals surface area (Å²) in [5, 5.41) is 0. The van der Waals surface area contributed by atoms with Crippen molar-refractivity contribution in [3.63, 3.8) is 0 Å². The van der Waals surface area contributed by atoms with Crippen LogP contribution in [0.4, 0.5) is 16.2 Å². The molecule has 2 N–H and O–H groups in total. The summed E-state index contributed by atoms with van der Waals surface area (Å²) in [5.74, 6) is 0. The van der Waals surface area contributed by atoms with E-state index in [0.29, 0.717) is 11.4 Å². The smallest absolute Gasteiger partial charge is 0.414 e. The van der Waals surface area contributed by atoms with E-state index < -0.39 is 6.09 Å². The van der Waals surface area contributed by atoms with Crippen molar-refractivity contribution in [3.05, 3.63) is 60.2 Å². The Morgan fingerprint density at radius 1 is 1.16 bits per heavy atom. The molecule has 0 aliphatic heterocycles. The molecule has 98 valence electrons. The van der Waals surface area contributed by atoms with E-state index in [-0.39, 0.29) is 6.61 Å². The molecule has 0 unspecified atom stereocenters. The molecule has 2 aromatic rings. The minimum absolute atomic E-state index is 0.256. The van der Waals surface area contributed by atoms with Crippen molar-refractivity contribution >= 4 is 17.5 Å². The normalized spacial score (nSPS) is 9.95. The number of anilines is 2. The number of hydrogen-bond donors (Lipinski definition) is 1. The number of rotatable bonds is 3. The van der Waals surface area contributed by atoms with Gasteiger partial charge in [-0.15, -0.1) is 0 Å². The first-order chi connectivity index (χ1) is 9.16. The largest absolute Gasteiger partial charge is 0.444 e. The highest BCUT2D eigenvalue weighted by atomic mass is 16.6. The quantitative estimate of drug-likeness (QED) is 0.859. The van der Waals surface area contributed by atoms with Crippen LogP contribution in [0.5, 0.6) is 0 Å². The van der Waals surface area contributed by atoms with Gasteiger partial charge in [0.05, 0.1) is 0 Å². The van der Waals surface area contributed by atoms with E-state index in [2.05, 4.69) is 0 Å². The van der Waals surface area contributed by atoms with Gasteiger partial charge in [0.1, 0.15) is 6.61 Å². The first kappa shape index (κ1) is 13.0. The molecule has 0 bridgehead atoms. The monoisotopic (exact) mass is 256 g/mol. The number of benzene rings is 2. The van der Waals surface area contributed by atoms with Gasteiger partial charge in [-0.05, 0) is 23.8 Å². The SMILES string of the molecule is CN(C(=O)OCc1ccccc1)c1cccc(N)c1. The standard InChI is InChI=1S/C15H16N2O2/c1-17(14-9-5-8-13(16)10-14)15(18)19-11-12-6-3-2-4-7-12/h2-10H,11,16H2,1H3. The molecular formula is C15H16N2O2. The summed E-state index contributed by atoms with van der Waals surface area (Å²) in [6, 6.07) is 16.7. The van der Waals surface area contributed by atoms with Gasteiger partial charge < -0.3 is 10.5 Å². The van der Waals surface area contributed by atoms with Crippen LogP contribution in [-0.4, -0.2) is 13.1 Å². The van der Waals surface area contributed by atoms with E-state index in [1.54, 1.807) is 31.3 Å². The molecule has 1 amide bonds. The van der Waals surface area contributed by atoms with Crippen LogP contribution in [0.3, 0.4) is 0 Å². The number of carbonyl (C=O) groups excluding carboxylic acids is 1. The number of ether oxygens (including phenoxy) is 1. The van der Waals surface area contributed by atoms with Gasteiger partial charge in [-0.2, -0.15) is 0 Å². The van der Waals surface area contributed by atoms with Crippen molar-refractivity contribution in [1.82, 2.24) is 0 Å². The maximum atomic E-state index is 11.9. The molecule has 0 heterocycles. The summed E-state index contributed by atoms with van der Waals surface area (Å²) in [7, 11) is 1.65. The molecule has 0 aromatic heterocycles. The fourth-order valence-electron chi connectivity index (χ4n) is 1.65. The van der Waals surface area contributed by atoms with Crippen molar-refractivity contribution in [2.75, 3.05) is 17.7 Å². The maximum Gasteiger partial charge on any atom is 0.414 e. The number of hydrogen-bond acceptors (Lipinski definition) is 3. The number of amides is 1. The lowest BCUT2D eigenvalue weighted by Crippen LogP contribution is -2.26. The number of nitrogens with two attached hydrogens (primary N) is 1. The van der Waals surface area contributed by atoms with Gasteiger partial charge in [-0.25, -0.2) is 4.79 Å². The Labute approximate surface area is 112 Å². The molecule has 0 saturated carbocycles. The second-order valence-electron chi connectivity index (χ2n) is 4.19. The summed E-state index contributed by atoms with van der Waals surface area (Å²) in [6.45, 7) is 0.256. The molecule has 0 spiro atoms. The lowest BCUT2D eigenvalue weighted by Gasteiger charge is -2.17. The van der Waals surface area contributed by atoms with E-state index in [4.69, 9.17) is 10.5 Å². The molecule has 0 fully saturated rings. The van der Waals surface area contributed by atoms with E-state index in [9.17, 15) is 4.79 Å². The second-order valence-corrected chi connectivity index (χ2v) is 4.19. The first-order valence-electron chi connectivity index (χ1n) is 5.97. The zero-order valence-electron chi connectivity index (χ0n) is 10.7. The zero-order valence-corrected chi connectivity index (χ0v) is 10.7. The molecule has 0 atom stereocenters. The molecule has 0 aliphatic rings. The van der Waals surface area contributed by atoms with Crippen molar-refractivity contribution in [1.29, 1.82) is 0 Å². The van der Waals surface area contributed by atoms with Crippen LogP contribution in [0, 0.1) is 0 Å². The predicted octanol–water partition coefficient (Wildman–Crippen LogP) is 3.04. The number of nitrogen functional groups attached to an aromatic ring is 1. The summed E-state index contributed by atoms with van der Waals surface area (Å²) >= 11 is 0. The molecule has 2 aromatic carbocycles. The summed E-state index contributed by atoms with van der Waals surface area (Å²) in [4.78, 5) is 13.3. The van der Waals surface area contributed by atoms with Crippen LogP contribution in [0.15, 0.2) is 54.6 Å². The van der Waals surface area contributed by atoms with Crippen LogP contribution in [0.2, 0.25) is 0 Å². The van der Waals surface area contributed by atoms with Gasteiger partial charge >= 0.3 is 6.09 Å². The Morgan fingerprint density at radius 2 is 1.89 bits per heavy atom. The third kappa shape index (κ3) is 3.48. The molecule has 0 radical (unpaired) electrons. The average Bonchev–Trinajstić information content (AvgIpc) is 2.45. The van der Waals surface area contributed by atoms with E-state index >= 15 is 0 Å². The van der Waals surface area contributed by atoms with Crippen LogP contribution in [0.1, 0.15) is 5.56 Å². The van der Waals surface area contributed by atoms with Crippen LogP contribution >= 0.6 is 0 Å². The fraction of sp³-hybridized carbons (Fsp3) is 0.133. The maximum absolute atomic E-state index is 11.9. The summed E-state index contributed by atoms with van der Waals surface area (Å²) in [5.41, 5.74) is 7.96. The van der Waals surface area contributed by atoms with Crippen LogP contribution < -0.4 is 10.6 Å². The lowest BCUT2D eigenvalue weighted by molar-refractivity contribution is 0.148. The third-order valence-corrected chi connectivity index (χ3v) is 2.74. The summed E-state index contributed by atoms with van der Waals surface area (Å²) < 4.78 is 5.23. The van der Waals surface area contributed by atoms with Crippen molar-refractivity contribution < 1.29 is 9.53 Å². The third-order valence-electron chi connectivity index (χ3n) is 2.74. The zero-order chi connectivity index (χ0) is 13.7. The Kier molecular flexibility index (Phi) is 4.03. The van der Waals surface area contributed by atoms with Gasteiger partial charge in [-0.3, -0.25) is 4.90 Å². The number of nitrogens with zero attached hydrogens (tertiary/aromatic N) is 1. The molecule has 0 aliphatic carbocycles. The van der Waals surface area contributed by atoms with Gasteiger partial charge in [0, 0.05) is 18.4 Å². The predicted molar refractivity (Wildman–Crippen MR) is 75.9 cm³/mol. The Morgan fingerprint density at radius 3 is 2.58 bits per heavy atom. The fourth-order valence-corrected chi connectivity index (χ4v) is 1.65. The van der Waals surface area contributed by atoms with Gasteiger partial charge in [-0.1, -0.05) is 36.4 Å². The molecule has 2 rings (SSSR count). The van der Waals surface area contributed by atoms with E-state index in [1.165, 1.54) is 4.90 Å². The van der Waals surface area contributed by atoms with Gasteiger partial charge in [0.2, 0.25) is 0 Å². The average molecular weight is 256 g/mol. The minimum Gasteiger partial charge on any atom is -0.444 e. The minimum atomic E-state index is -0.408. The molecule has 19 heavy (non-hydrogen) atoms. The molecule has 4 nitrogen and oxygen atoms in total. The summed E-state index contributed by atoms with van der Waals surface area (Å²) in [6.07, 6.45) is -0.408. The lowest BCUT2D eigenvalue weighted by atomic mass is 10.2. The Bertz CT molecular complexity index is 555. The molecule has 0 saturated heterocycles. The van der Waals surface area contributed by atoms with Crippen LogP contribution in [0.25, 0.3) is 0 Å². The number of carbonyl (C=O) groups is 1. The van der Waals surface area contributed by atoms with Gasteiger partial charge in [0.15, 0.2) is 0 Å². The van der Waals surface area contributed by atoms with Crippen LogP contribution in [-0.2, 0) is 11.3 Å². The highest BCUT2D eigenvalue weighted by Crippen LogP contribution is 2.17. The van der Waals surface area contributed by atoms with E-state index in [0.717, 1.165) is 5.56 Å². The Balaban J connectivity index is 1.96. The highest BCUT2D eigenvalue weighted by molar-refractivity contribution is 5.87. The molecule has 4 heteroatoms.